The van der Waals surface area contributed by atoms with Crippen LogP contribution in [0.2, 0.25) is 0 Å². The number of likely N-dealkylation sites (N-methyl/N-ethyl adjacent to an activating group) is 1. The molecule has 2 atom stereocenters. The number of fused-ring (bicyclic) bond motifs is 2. The summed E-state index contributed by atoms with van der Waals surface area (Å²) in [6.45, 7) is 4.69. The van der Waals surface area contributed by atoms with Crippen molar-refractivity contribution < 1.29 is 9.42 Å². The highest BCUT2D eigenvalue weighted by atomic mass is 35.5. The molecule has 0 saturated carbocycles. The number of rotatable bonds is 5. The Hall–Kier alpha value is -1.41. The van der Waals surface area contributed by atoms with Crippen molar-refractivity contribution in [2.24, 2.45) is 5.92 Å². The molecule has 1 N–H and O–H groups in total. The number of aromatic nitrogens is 2. The fourth-order valence-electron chi connectivity index (χ4n) is 4.28. The van der Waals surface area contributed by atoms with E-state index in [-0.39, 0.29) is 24.8 Å². The highest BCUT2D eigenvalue weighted by Gasteiger charge is 2.38. The van der Waals surface area contributed by atoms with Gasteiger partial charge in [0, 0.05) is 45.2 Å². The third kappa shape index (κ3) is 4.71. The first-order valence-electron chi connectivity index (χ1n) is 9.12. The highest BCUT2D eigenvalue weighted by molar-refractivity contribution is 5.85. The molecule has 0 unspecified atom stereocenters. The smallest absolute Gasteiger partial charge is 0.222 e. The second-order valence-corrected chi connectivity index (χ2v) is 7.17. The first-order valence-corrected chi connectivity index (χ1v) is 9.12. The average Bonchev–Trinajstić information content (AvgIpc) is 3.09. The standard InChI is InChI=1S/C18H25N5O2.2ClH/c1-19-7-9-23-17-6-8-22(12-14(17)3-5-18(23)24)11-13-2-4-15-16(10-13)21-25-20-15;;/h2,4,10,14,17,19H,3,5-9,11-12H2,1H3;2*1H/t14-,17+;;/m0../s1. The van der Waals surface area contributed by atoms with Crippen molar-refractivity contribution in [3.8, 4) is 0 Å². The molecule has 0 radical (unpaired) electrons. The molecule has 2 aromatic rings. The molecule has 27 heavy (non-hydrogen) atoms. The highest BCUT2D eigenvalue weighted by Crippen LogP contribution is 2.31. The number of carbonyl (C=O) groups excluding carboxylic acids is 1. The van der Waals surface area contributed by atoms with Crippen LogP contribution in [0.15, 0.2) is 22.8 Å². The van der Waals surface area contributed by atoms with Gasteiger partial charge in [0.15, 0.2) is 0 Å². The summed E-state index contributed by atoms with van der Waals surface area (Å²) in [5.41, 5.74) is 2.85. The second-order valence-electron chi connectivity index (χ2n) is 7.17. The molecule has 9 heteroatoms. The van der Waals surface area contributed by atoms with Crippen molar-refractivity contribution in [2.45, 2.75) is 31.8 Å². The van der Waals surface area contributed by atoms with Gasteiger partial charge >= 0.3 is 0 Å². The minimum atomic E-state index is 0. The third-order valence-corrected chi connectivity index (χ3v) is 5.55. The van der Waals surface area contributed by atoms with E-state index >= 15 is 0 Å². The fourth-order valence-corrected chi connectivity index (χ4v) is 4.28. The number of hydrogen-bond donors (Lipinski definition) is 1. The Morgan fingerprint density at radius 3 is 2.85 bits per heavy atom. The van der Waals surface area contributed by atoms with Gasteiger partial charge in [-0.2, -0.15) is 0 Å². The predicted molar refractivity (Wildman–Crippen MR) is 108 cm³/mol. The van der Waals surface area contributed by atoms with Crippen molar-refractivity contribution in [3.63, 3.8) is 0 Å². The summed E-state index contributed by atoms with van der Waals surface area (Å²) in [7, 11) is 1.94. The number of piperidine rings is 2. The van der Waals surface area contributed by atoms with E-state index in [1.807, 2.05) is 13.1 Å². The molecule has 1 aromatic carbocycles. The van der Waals surface area contributed by atoms with Crippen LogP contribution in [0.4, 0.5) is 0 Å². The van der Waals surface area contributed by atoms with Crippen molar-refractivity contribution in [3.05, 3.63) is 23.8 Å². The van der Waals surface area contributed by atoms with Crippen molar-refractivity contribution in [1.82, 2.24) is 25.4 Å². The normalized spacial score (nSPS) is 22.9. The molecular formula is C18H27Cl2N5O2. The molecule has 0 bridgehead atoms. The van der Waals surface area contributed by atoms with Crippen LogP contribution in [0, 0.1) is 5.92 Å². The van der Waals surface area contributed by atoms with Gasteiger partial charge in [-0.25, -0.2) is 4.63 Å². The van der Waals surface area contributed by atoms with Crippen LogP contribution in [0.1, 0.15) is 24.8 Å². The van der Waals surface area contributed by atoms with Gasteiger partial charge in [-0.1, -0.05) is 6.07 Å². The SMILES string of the molecule is CNCCN1C(=O)CC[C@H]2CN(Cc3ccc4nonc4c3)CC[C@H]21.Cl.Cl. The quantitative estimate of drug-likeness (QED) is 0.805. The van der Waals surface area contributed by atoms with Gasteiger partial charge < -0.3 is 10.2 Å². The van der Waals surface area contributed by atoms with E-state index in [0.717, 1.165) is 56.6 Å². The van der Waals surface area contributed by atoms with Gasteiger partial charge in [0.2, 0.25) is 5.91 Å². The molecule has 0 aliphatic carbocycles. The van der Waals surface area contributed by atoms with Gasteiger partial charge in [0.05, 0.1) is 0 Å². The Bertz CT molecular complexity index is 756. The zero-order valence-corrected chi connectivity index (χ0v) is 17.1. The minimum Gasteiger partial charge on any atom is -0.338 e. The molecule has 2 saturated heterocycles. The lowest BCUT2D eigenvalue weighted by molar-refractivity contribution is -0.141. The van der Waals surface area contributed by atoms with Crippen LogP contribution < -0.4 is 5.32 Å². The summed E-state index contributed by atoms with van der Waals surface area (Å²) in [6.07, 6.45) is 2.77. The summed E-state index contributed by atoms with van der Waals surface area (Å²) < 4.78 is 4.78. The van der Waals surface area contributed by atoms with E-state index in [9.17, 15) is 4.79 Å². The fraction of sp³-hybridized carbons (Fsp3) is 0.611. The molecule has 2 fully saturated rings. The summed E-state index contributed by atoms with van der Waals surface area (Å²) in [5.74, 6) is 0.912. The molecule has 2 aliphatic heterocycles. The molecule has 2 aliphatic rings. The Kier molecular flexibility index (Phi) is 7.85. The second kappa shape index (κ2) is 9.68. The van der Waals surface area contributed by atoms with Crippen molar-refractivity contribution >= 4 is 41.8 Å². The molecule has 1 aromatic heterocycles. The molecule has 4 rings (SSSR count). The number of nitrogens with one attached hydrogen (secondary N) is 1. The van der Waals surface area contributed by atoms with Crippen LogP contribution >= 0.6 is 24.8 Å². The van der Waals surface area contributed by atoms with Gasteiger partial charge in [-0.15, -0.1) is 24.8 Å². The Morgan fingerprint density at radius 2 is 2.04 bits per heavy atom. The van der Waals surface area contributed by atoms with Gasteiger partial charge in [-0.3, -0.25) is 9.69 Å². The predicted octanol–water partition coefficient (Wildman–Crippen LogP) is 2.10. The van der Waals surface area contributed by atoms with Gasteiger partial charge in [-0.05, 0) is 53.8 Å². The molecule has 150 valence electrons. The lowest BCUT2D eigenvalue weighted by atomic mass is 9.83. The van der Waals surface area contributed by atoms with E-state index in [1.54, 1.807) is 0 Å². The van der Waals surface area contributed by atoms with Crippen LogP contribution in [-0.4, -0.2) is 65.3 Å². The lowest BCUT2D eigenvalue weighted by Gasteiger charge is -2.47. The number of nitrogens with zero attached hydrogens (tertiary/aromatic N) is 4. The summed E-state index contributed by atoms with van der Waals surface area (Å²) in [6, 6.07) is 6.53. The van der Waals surface area contributed by atoms with E-state index < -0.39 is 0 Å². The van der Waals surface area contributed by atoms with Crippen LogP contribution in [-0.2, 0) is 11.3 Å². The van der Waals surface area contributed by atoms with Gasteiger partial charge in [0.25, 0.3) is 0 Å². The average molecular weight is 416 g/mol. The third-order valence-electron chi connectivity index (χ3n) is 5.55. The van der Waals surface area contributed by atoms with Crippen LogP contribution in [0.25, 0.3) is 11.0 Å². The first-order chi connectivity index (χ1) is 12.2. The lowest BCUT2D eigenvalue weighted by Crippen LogP contribution is -2.56. The van der Waals surface area contributed by atoms with Gasteiger partial charge in [0.1, 0.15) is 11.0 Å². The maximum atomic E-state index is 12.3. The number of likely N-dealkylation sites (tertiary alicyclic amines) is 2. The van der Waals surface area contributed by atoms with Crippen LogP contribution in [0.3, 0.4) is 0 Å². The van der Waals surface area contributed by atoms with E-state index in [1.165, 1.54) is 5.56 Å². The van der Waals surface area contributed by atoms with Crippen LogP contribution in [0.5, 0.6) is 0 Å². The zero-order valence-electron chi connectivity index (χ0n) is 15.5. The Morgan fingerprint density at radius 1 is 1.22 bits per heavy atom. The summed E-state index contributed by atoms with van der Waals surface area (Å²) in [5, 5.41) is 11.0. The Labute approximate surface area is 171 Å². The number of carbonyl (C=O) groups is 1. The Balaban J connectivity index is 0.00000131. The largest absolute Gasteiger partial charge is 0.338 e. The number of hydrogen-bond acceptors (Lipinski definition) is 6. The molecule has 0 spiro atoms. The molecule has 3 heterocycles. The zero-order chi connectivity index (χ0) is 17.2. The van der Waals surface area contributed by atoms with E-state index in [2.05, 4.69) is 37.6 Å². The van der Waals surface area contributed by atoms with Crippen molar-refractivity contribution in [2.75, 3.05) is 33.2 Å². The van der Waals surface area contributed by atoms with Crippen molar-refractivity contribution in [1.29, 1.82) is 0 Å². The van der Waals surface area contributed by atoms with E-state index in [0.29, 0.717) is 24.3 Å². The number of benzene rings is 1. The molecular weight excluding hydrogens is 389 g/mol. The maximum Gasteiger partial charge on any atom is 0.222 e. The first kappa shape index (κ1) is 21.9. The summed E-state index contributed by atoms with van der Waals surface area (Å²) in [4.78, 5) is 16.9. The van der Waals surface area contributed by atoms with E-state index in [4.69, 9.17) is 4.63 Å². The molecule has 7 nitrogen and oxygen atoms in total. The summed E-state index contributed by atoms with van der Waals surface area (Å²) >= 11 is 0. The number of amides is 1. The monoisotopic (exact) mass is 415 g/mol. The minimum absolute atomic E-state index is 0. The molecule has 1 amide bonds. The maximum absolute atomic E-state index is 12.3. The topological polar surface area (TPSA) is 74.5 Å². The number of halogens is 2.